The summed E-state index contributed by atoms with van der Waals surface area (Å²) in [4.78, 5) is 7.79. The summed E-state index contributed by atoms with van der Waals surface area (Å²) in [5.74, 6) is 1.22. The zero-order chi connectivity index (χ0) is 19.1. The van der Waals surface area contributed by atoms with Crippen LogP contribution in [0, 0.1) is 0 Å². The molecule has 0 aliphatic heterocycles. The van der Waals surface area contributed by atoms with Gasteiger partial charge in [0.05, 0.1) is 18.0 Å². The molecule has 140 valence electrons. The van der Waals surface area contributed by atoms with E-state index in [4.69, 9.17) is 4.74 Å². The van der Waals surface area contributed by atoms with Crippen molar-refractivity contribution in [2.24, 2.45) is 0 Å². The lowest BCUT2D eigenvalue weighted by Gasteiger charge is -2.10. The maximum absolute atomic E-state index is 12.7. The van der Waals surface area contributed by atoms with Crippen LogP contribution in [0.3, 0.4) is 0 Å². The molecule has 0 saturated heterocycles. The first-order valence-electron chi connectivity index (χ1n) is 8.39. The summed E-state index contributed by atoms with van der Waals surface area (Å²) < 4.78 is 43.9. The molecule has 0 unspecified atom stereocenters. The van der Waals surface area contributed by atoms with Gasteiger partial charge in [-0.25, -0.2) is 9.97 Å². The van der Waals surface area contributed by atoms with Crippen LogP contribution in [0.4, 0.5) is 13.2 Å². The van der Waals surface area contributed by atoms with Gasteiger partial charge in [0.1, 0.15) is 12.1 Å². The lowest BCUT2D eigenvalue weighted by Crippen LogP contribution is -2.17. The summed E-state index contributed by atoms with van der Waals surface area (Å²) in [6.45, 7) is 1.15. The minimum atomic E-state index is -4.31. The quantitative estimate of drug-likeness (QED) is 0.614. The normalized spacial score (nSPS) is 11.4. The number of halogens is 3. The van der Waals surface area contributed by atoms with Gasteiger partial charge in [-0.2, -0.15) is 13.2 Å². The molecule has 0 bridgehead atoms. The molecule has 0 amide bonds. The predicted molar refractivity (Wildman–Crippen MR) is 95.4 cm³/mol. The molecule has 0 spiro atoms. The van der Waals surface area contributed by atoms with Gasteiger partial charge in [0.25, 0.3) is 0 Å². The molecule has 0 fully saturated rings. The maximum atomic E-state index is 12.7. The molecule has 1 N–H and O–H groups in total. The van der Waals surface area contributed by atoms with E-state index in [1.54, 1.807) is 18.5 Å². The molecule has 2 aromatic carbocycles. The van der Waals surface area contributed by atoms with E-state index < -0.39 is 11.7 Å². The van der Waals surface area contributed by atoms with E-state index >= 15 is 0 Å². The minimum absolute atomic E-state index is 0.515. The summed E-state index contributed by atoms with van der Waals surface area (Å²) in [5, 5.41) is 3.24. The van der Waals surface area contributed by atoms with E-state index in [1.807, 2.05) is 24.3 Å². The van der Waals surface area contributed by atoms with Crippen LogP contribution in [-0.2, 0) is 19.1 Å². The highest BCUT2D eigenvalue weighted by Crippen LogP contribution is 2.29. The topological polar surface area (TPSA) is 47.0 Å². The van der Waals surface area contributed by atoms with Gasteiger partial charge in [-0.3, -0.25) is 0 Å². The second kappa shape index (κ2) is 8.64. The van der Waals surface area contributed by atoms with Crippen molar-refractivity contribution in [2.75, 3.05) is 6.54 Å². The Bertz CT molecular complexity index is 870. The van der Waals surface area contributed by atoms with E-state index in [0.717, 1.165) is 11.6 Å². The van der Waals surface area contributed by atoms with Crippen molar-refractivity contribution in [3.8, 4) is 11.5 Å². The molecule has 7 heteroatoms. The molecule has 1 heterocycles. The number of benzene rings is 2. The first-order chi connectivity index (χ1) is 13.0. The third-order valence-corrected chi connectivity index (χ3v) is 3.84. The molecule has 27 heavy (non-hydrogen) atoms. The first-order valence-corrected chi connectivity index (χ1v) is 8.39. The van der Waals surface area contributed by atoms with Gasteiger partial charge >= 0.3 is 6.18 Å². The third kappa shape index (κ3) is 5.79. The minimum Gasteiger partial charge on any atom is -0.454 e. The average Bonchev–Trinajstić information content (AvgIpc) is 2.66. The van der Waals surface area contributed by atoms with E-state index in [1.165, 1.54) is 18.5 Å². The third-order valence-electron chi connectivity index (χ3n) is 3.84. The molecule has 0 atom stereocenters. The monoisotopic (exact) mass is 373 g/mol. The van der Waals surface area contributed by atoms with Crippen LogP contribution in [0.1, 0.15) is 16.7 Å². The number of aromatic nitrogens is 2. The highest BCUT2D eigenvalue weighted by Gasteiger charge is 2.30. The molecule has 0 aliphatic rings. The molecule has 3 aromatic rings. The Hall–Kier alpha value is -2.93. The van der Waals surface area contributed by atoms with Crippen LogP contribution in [0.5, 0.6) is 11.5 Å². The largest absolute Gasteiger partial charge is 0.454 e. The summed E-state index contributed by atoms with van der Waals surface area (Å²) in [7, 11) is 0. The van der Waals surface area contributed by atoms with Crippen molar-refractivity contribution < 1.29 is 17.9 Å². The van der Waals surface area contributed by atoms with E-state index in [2.05, 4.69) is 15.3 Å². The number of nitrogens with one attached hydrogen (secondary N) is 1. The van der Waals surface area contributed by atoms with Gasteiger partial charge in [-0.15, -0.1) is 0 Å². The Labute approximate surface area is 155 Å². The SMILES string of the molecule is FC(F)(F)c1cccc(CCNCc2cccc(Oc3cncnc3)c2)c1. The van der Waals surface area contributed by atoms with Crippen LogP contribution in [0.25, 0.3) is 0 Å². The highest BCUT2D eigenvalue weighted by molar-refractivity contribution is 5.32. The Balaban J connectivity index is 1.50. The lowest BCUT2D eigenvalue weighted by molar-refractivity contribution is -0.137. The molecule has 1 aromatic heterocycles. The predicted octanol–water partition coefficient (Wildman–Crippen LogP) is 4.62. The molecule has 3 rings (SSSR count). The first kappa shape index (κ1) is 18.8. The molecular weight excluding hydrogens is 355 g/mol. The van der Waals surface area contributed by atoms with Crippen molar-refractivity contribution in [1.82, 2.24) is 15.3 Å². The van der Waals surface area contributed by atoms with Gasteiger partial charge in [-0.05, 0) is 42.3 Å². The molecular formula is C20H18F3N3O. The number of ether oxygens (including phenoxy) is 1. The van der Waals surface area contributed by atoms with Gasteiger partial charge < -0.3 is 10.1 Å². The summed E-state index contributed by atoms with van der Waals surface area (Å²) in [6, 6.07) is 13.0. The fraction of sp³-hybridized carbons (Fsp3) is 0.200. The number of nitrogens with zero attached hydrogens (tertiary/aromatic N) is 2. The van der Waals surface area contributed by atoms with Crippen LogP contribution < -0.4 is 10.1 Å². The summed E-state index contributed by atoms with van der Waals surface area (Å²) in [5.41, 5.74) is 1.04. The smallest absolute Gasteiger partial charge is 0.416 e. The van der Waals surface area contributed by atoms with E-state index in [0.29, 0.717) is 36.6 Å². The van der Waals surface area contributed by atoms with Gasteiger partial charge in [0, 0.05) is 6.54 Å². The van der Waals surface area contributed by atoms with Crippen molar-refractivity contribution in [3.63, 3.8) is 0 Å². The van der Waals surface area contributed by atoms with Crippen LogP contribution >= 0.6 is 0 Å². The number of hydrogen-bond donors (Lipinski definition) is 1. The Morgan fingerprint density at radius 3 is 2.41 bits per heavy atom. The highest BCUT2D eigenvalue weighted by atomic mass is 19.4. The van der Waals surface area contributed by atoms with Gasteiger partial charge in [0.15, 0.2) is 5.75 Å². The zero-order valence-corrected chi connectivity index (χ0v) is 14.4. The fourth-order valence-electron chi connectivity index (χ4n) is 2.56. The molecule has 4 nitrogen and oxygen atoms in total. The van der Waals surface area contributed by atoms with E-state index in [-0.39, 0.29) is 0 Å². The van der Waals surface area contributed by atoms with Crippen molar-refractivity contribution >= 4 is 0 Å². The molecule has 0 saturated carbocycles. The maximum Gasteiger partial charge on any atom is 0.416 e. The van der Waals surface area contributed by atoms with Crippen molar-refractivity contribution in [3.05, 3.63) is 83.9 Å². The Morgan fingerprint density at radius 2 is 1.63 bits per heavy atom. The Kier molecular flexibility index (Phi) is 6.03. The lowest BCUT2D eigenvalue weighted by atomic mass is 10.1. The van der Waals surface area contributed by atoms with Gasteiger partial charge in [0.2, 0.25) is 0 Å². The number of rotatable bonds is 7. The number of hydrogen-bond acceptors (Lipinski definition) is 4. The second-order valence-corrected chi connectivity index (χ2v) is 5.95. The average molecular weight is 373 g/mol. The van der Waals surface area contributed by atoms with Gasteiger partial charge in [-0.1, -0.05) is 30.3 Å². The van der Waals surface area contributed by atoms with Crippen LogP contribution in [-0.4, -0.2) is 16.5 Å². The summed E-state index contributed by atoms with van der Waals surface area (Å²) >= 11 is 0. The second-order valence-electron chi connectivity index (χ2n) is 5.95. The van der Waals surface area contributed by atoms with Crippen molar-refractivity contribution in [1.29, 1.82) is 0 Å². The van der Waals surface area contributed by atoms with Crippen molar-refractivity contribution in [2.45, 2.75) is 19.1 Å². The zero-order valence-electron chi connectivity index (χ0n) is 14.4. The molecule has 0 aliphatic carbocycles. The molecule has 0 radical (unpaired) electrons. The fourth-order valence-corrected chi connectivity index (χ4v) is 2.56. The van der Waals surface area contributed by atoms with Crippen LogP contribution in [0.15, 0.2) is 67.3 Å². The number of alkyl halides is 3. The van der Waals surface area contributed by atoms with E-state index in [9.17, 15) is 13.2 Å². The van der Waals surface area contributed by atoms with Crippen LogP contribution in [0.2, 0.25) is 0 Å². The standard InChI is InChI=1S/C20H18F3N3O/c21-20(22,23)17-5-1-3-15(9-17)7-8-24-11-16-4-2-6-18(10-16)27-19-12-25-14-26-13-19/h1-6,9-10,12-14,24H,7-8,11H2. The Morgan fingerprint density at radius 1 is 0.889 bits per heavy atom. The summed E-state index contributed by atoms with van der Waals surface area (Å²) in [6.07, 6.45) is 0.784.